The predicted octanol–water partition coefficient (Wildman–Crippen LogP) is 3.57. The van der Waals surface area contributed by atoms with Crippen molar-refractivity contribution in [2.24, 2.45) is 0 Å². The number of nitrogens with zero attached hydrogens (tertiary/aromatic N) is 2. The first-order valence-corrected chi connectivity index (χ1v) is 6.90. The summed E-state index contributed by atoms with van der Waals surface area (Å²) in [5.74, 6) is 0. The van der Waals surface area contributed by atoms with Gasteiger partial charge in [-0.3, -0.25) is 4.68 Å². The molecule has 2 aromatic carbocycles. The van der Waals surface area contributed by atoms with E-state index < -0.39 is 0 Å². The number of nitrogens with two attached hydrogens (primary N) is 1. The van der Waals surface area contributed by atoms with Crippen molar-refractivity contribution >= 4 is 17.1 Å². The zero-order chi connectivity index (χ0) is 14.7. The quantitative estimate of drug-likeness (QED) is 0.717. The molecule has 1 aromatic heterocycles. The van der Waals surface area contributed by atoms with E-state index in [2.05, 4.69) is 29.5 Å². The summed E-state index contributed by atoms with van der Waals surface area (Å²) in [5.41, 5.74) is 10.9. The molecule has 4 nitrogen and oxygen atoms in total. The maximum atomic E-state index is 5.83. The lowest BCUT2D eigenvalue weighted by atomic mass is 10.2. The van der Waals surface area contributed by atoms with Gasteiger partial charge in [-0.15, -0.1) is 0 Å². The largest absolute Gasteiger partial charge is 0.399 e. The molecule has 106 valence electrons. The summed E-state index contributed by atoms with van der Waals surface area (Å²) in [6, 6.07) is 16.1. The Hall–Kier alpha value is -2.75. The van der Waals surface area contributed by atoms with Crippen molar-refractivity contribution < 1.29 is 0 Å². The first-order valence-electron chi connectivity index (χ1n) is 6.90. The van der Waals surface area contributed by atoms with Gasteiger partial charge in [0.05, 0.1) is 18.4 Å². The van der Waals surface area contributed by atoms with Crippen molar-refractivity contribution in [3.05, 3.63) is 72.1 Å². The van der Waals surface area contributed by atoms with E-state index in [-0.39, 0.29) is 0 Å². The molecule has 0 radical (unpaired) electrons. The van der Waals surface area contributed by atoms with Crippen molar-refractivity contribution in [1.82, 2.24) is 9.78 Å². The summed E-state index contributed by atoms with van der Waals surface area (Å²) < 4.78 is 1.92. The van der Waals surface area contributed by atoms with Crippen molar-refractivity contribution in [1.29, 1.82) is 0 Å². The molecule has 3 N–H and O–H groups in total. The Morgan fingerprint density at radius 3 is 2.76 bits per heavy atom. The van der Waals surface area contributed by atoms with Crippen LogP contribution in [0, 0.1) is 6.92 Å². The summed E-state index contributed by atoms with van der Waals surface area (Å²) in [6.45, 7) is 2.81. The molecular formula is C17H18N4. The van der Waals surface area contributed by atoms with E-state index in [0.29, 0.717) is 0 Å². The van der Waals surface area contributed by atoms with Crippen LogP contribution in [0.2, 0.25) is 0 Å². The fourth-order valence-corrected chi connectivity index (χ4v) is 2.21. The van der Waals surface area contributed by atoms with Crippen LogP contribution in [0.1, 0.15) is 11.1 Å². The van der Waals surface area contributed by atoms with Gasteiger partial charge in [-0.2, -0.15) is 5.10 Å². The van der Waals surface area contributed by atoms with Gasteiger partial charge in [0, 0.05) is 17.6 Å². The minimum Gasteiger partial charge on any atom is -0.399 e. The summed E-state index contributed by atoms with van der Waals surface area (Å²) >= 11 is 0. The highest BCUT2D eigenvalue weighted by molar-refractivity contribution is 5.66. The van der Waals surface area contributed by atoms with Crippen LogP contribution < -0.4 is 11.1 Å². The number of rotatable bonds is 4. The number of aryl methyl sites for hydroxylation is 1. The number of nitrogen functional groups attached to an aromatic ring is 1. The van der Waals surface area contributed by atoms with Gasteiger partial charge in [0.15, 0.2) is 0 Å². The molecule has 0 bridgehead atoms. The van der Waals surface area contributed by atoms with Gasteiger partial charge in [-0.05, 0) is 30.2 Å². The Morgan fingerprint density at radius 2 is 1.95 bits per heavy atom. The molecule has 21 heavy (non-hydrogen) atoms. The van der Waals surface area contributed by atoms with Crippen LogP contribution in [0.4, 0.5) is 17.1 Å². The van der Waals surface area contributed by atoms with Crippen LogP contribution in [-0.2, 0) is 6.54 Å². The summed E-state index contributed by atoms with van der Waals surface area (Å²) in [7, 11) is 0. The molecule has 0 saturated heterocycles. The molecule has 1 heterocycles. The molecule has 0 fully saturated rings. The van der Waals surface area contributed by atoms with Crippen molar-refractivity contribution in [2.45, 2.75) is 13.5 Å². The topological polar surface area (TPSA) is 55.9 Å². The lowest BCUT2D eigenvalue weighted by Crippen LogP contribution is -1.99. The van der Waals surface area contributed by atoms with Crippen molar-refractivity contribution in [3.8, 4) is 0 Å². The minimum absolute atomic E-state index is 0.750. The molecule has 0 saturated carbocycles. The van der Waals surface area contributed by atoms with Gasteiger partial charge >= 0.3 is 0 Å². The van der Waals surface area contributed by atoms with E-state index in [1.165, 1.54) is 5.56 Å². The van der Waals surface area contributed by atoms with Crippen LogP contribution in [0.25, 0.3) is 0 Å². The molecule has 3 aromatic rings. The predicted molar refractivity (Wildman–Crippen MR) is 86.6 cm³/mol. The zero-order valence-corrected chi connectivity index (χ0v) is 12.0. The van der Waals surface area contributed by atoms with Crippen molar-refractivity contribution in [2.75, 3.05) is 11.1 Å². The SMILES string of the molecule is Cc1ccc(N)cc1Nc1cnn(Cc2ccccc2)c1. The Labute approximate surface area is 124 Å². The molecule has 0 aliphatic carbocycles. The van der Waals surface area contributed by atoms with E-state index in [4.69, 9.17) is 5.73 Å². The number of aromatic nitrogens is 2. The maximum Gasteiger partial charge on any atom is 0.0770 e. The zero-order valence-electron chi connectivity index (χ0n) is 12.0. The van der Waals surface area contributed by atoms with Gasteiger partial charge in [-0.1, -0.05) is 36.4 Å². The Kier molecular flexibility index (Phi) is 3.60. The van der Waals surface area contributed by atoms with Crippen LogP contribution >= 0.6 is 0 Å². The van der Waals surface area contributed by atoms with E-state index in [0.717, 1.165) is 29.2 Å². The number of hydrogen-bond donors (Lipinski definition) is 2. The van der Waals surface area contributed by atoms with Gasteiger partial charge in [0.1, 0.15) is 0 Å². The molecule has 0 atom stereocenters. The second-order valence-corrected chi connectivity index (χ2v) is 5.11. The van der Waals surface area contributed by atoms with E-state index in [9.17, 15) is 0 Å². The summed E-state index contributed by atoms with van der Waals surface area (Å²) in [6.07, 6.45) is 3.82. The maximum absolute atomic E-state index is 5.83. The van der Waals surface area contributed by atoms with E-state index in [1.807, 2.05) is 53.5 Å². The molecule has 0 spiro atoms. The number of nitrogens with one attached hydrogen (secondary N) is 1. The van der Waals surface area contributed by atoms with Crippen LogP contribution in [0.15, 0.2) is 60.9 Å². The molecular weight excluding hydrogens is 260 g/mol. The highest BCUT2D eigenvalue weighted by Gasteiger charge is 2.03. The number of anilines is 3. The fourth-order valence-electron chi connectivity index (χ4n) is 2.21. The van der Waals surface area contributed by atoms with E-state index >= 15 is 0 Å². The second kappa shape index (κ2) is 5.71. The lowest BCUT2D eigenvalue weighted by Gasteiger charge is -2.08. The van der Waals surface area contributed by atoms with E-state index in [1.54, 1.807) is 0 Å². The van der Waals surface area contributed by atoms with Gasteiger partial charge in [-0.25, -0.2) is 0 Å². The summed E-state index contributed by atoms with van der Waals surface area (Å²) in [4.78, 5) is 0. The fraction of sp³-hybridized carbons (Fsp3) is 0.118. The van der Waals surface area contributed by atoms with Gasteiger partial charge in [0.25, 0.3) is 0 Å². The highest BCUT2D eigenvalue weighted by Crippen LogP contribution is 2.22. The van der Waals surface area contributed by atoms with Crippen molar-refractivity contribution in [3.63, 3.8) is 0 Å². The second-order valence-electron chi connectivity index (χ2n) is 5.11. The standard InChI is InChI=1S/C17H18N4/c1-13-7-8-15(18)9-17(13)20-16-10-19-21(12-16)11-14-5-3-2-4-6-14/h2-10,12,20H,11,18H2,1H3. The van der Waals surface area contributed by atoms with Gasteiger partial charge in [0.2, 0.25) is 0 Å². The Morgan fingerprint density at radius 1 is 1.14 bits per heavy atom. The van der Waals surface area contributed by atoms with Gasteiger partial charge < -0.3 is 11.1 Å². The normalized spacial score (nSPS) is 10.5. The average molecular weight is 278 g/mol. The van der Waals surface area contributed by atoms with Crippen LogP contribution in [-0.4, -0.2) is 9.78 Å². The summed E-state index contributed by atoms with van der Waals surface area (Å²) in [5, 5.41) is 7.74. The third kappa shape index (κ3) is 3.23. The lowest BCUT2D eigenvalue weighted by molar-refractivity contribution is 0.687. The molecule has 4 heteroatoms. The third-order valence-corrected chi connectivity index (χ3v) is 3.36. The monoisotopic (exact) mass is 278 g/mol. The minimum atomic E-state index is 0.750. The third-order valence-electron chi connectivity index (χ3n) is 3.36. The highest BCUT2D eigenvalue weighted by atomic mass is 15.3. The molecule has 0 aliphatic heterocycles. The first kappa shape index (κ1) is 13.2. The smallest absolute Gasteiger partial charge is 0.0770 e. The molecule has 0 unspecified atom stereocenters. The number of hydrogen-bond acceptors (Lipinski definition) is 3. The Balaban J connectivity index is 1.75. The van der Waals surface area contributed by atoms with Crippen LogP contribution in [0.5, 0.6) is 0 Å². The first-order chi connectivity index (χ1) is 10.2. The molecule has 3 rings (SSSR count). The molecule has 0 aliphatic rings. The number of benzene rings is 2. The molecule has 0 amide bonds. The Bertz CT molecular complexity index is 732. The average Bonchev–Trinajstić information content (AvgIpc) is 2.91. The van der Waals surface area contributed by atoms with Crippen LogP contribution in [0.3, 0.4) is 0 Å².